The zero-order chi connectivity index (χ0) is 11.7. The van der Waals surface area contributed by atoms with E-state index in [-0.39, 0.29) is 5.82 Å². The molecule has 4 nitrogen and oxygen atoms in total. The number of hydrogen-bond acceptors (Lipinski definition) is 4. The Hall–Kier alpha value is -1.04. The first-order chi connectivity index (χ1) is 8.33. The third-order valence-corrected chi connectivity index (χ3v) is 3.45. The average molecular weight is 237 g/mol. The number of hydrogen-bond donors (Lipinski definition) is 1. The van der Waals surface area contributed by atoms with E-state index in [1.807, 2.05) is 0 Å². The highest BCUT2D eigenvalue weighted by molar-refractivity contribution is 5.06. The number of aromatic nitrogens is 1. The second-order valence-electron chi connectivity index (χ2n) is 4.64. The Kier molecular flexibility index (Phi) is 3.05. The second-order valence-corrected chi connectivity index (χ2v) is 4.64. The molecule has 3 rings (SSSR count). The molecule has 1 N–H and O–H groups in total. The zero-order valence-electron chi connectivity index (χ0n) is 9.60. The molecule has 0 aromatic carbocycles. The molecule has 2 saturated heterocycles. The highest BCUT2D eigenvalue weighted by atomic mass is 19.1. The summed E-state index contributed by atoms with van der Waals surface area (Å²) in [5.41, 5.74) is 0.921. The Balaban J connectivity index is 1.73. The van der Waals surface area contributed by atoms with Crippen molar-refractivity contribution >= 4 is 0 Å². The number of morpholine rings is 1. The van der Waals surface area contributed by atoms with Gasteiger partial charge in [-0.25, -0.2) is 4.39 Å². The zero-order valence-corrected chi connectivity index (χ0v) is 9.60. The molecule has 0 unspecified atom stereocenters. The molecule has 2 aliphatic rings. The van der Waals surface area contributed by atoms with Gasteiger partial charge in [-0.3, -0.25) is 9.88 Å². The van der Waals surface area contributed by atoms with E-state index in [1.54, 1.807) is 6.07 Å². The molecule has 2 fully saturated rings. The summed E-state index contributed by atoms with van der Waals surface area (Å²) in [4.78, 5) is 6.54. The van der Waals surface area contributed by atoms with Gasteiger partial charge in [0, 0.05) is 31.7 Å². The maximum Gasteiger partial charge on any atom is 0.141 e. The predicted octanol–water partition coefficient (Wildman–Crippen LogP) is 0.393. The van der Waals surface area contributed by atoms with Gasteiger partial charge in [0.25, 0.3) is 0 Å². The monoisotopic (exact) mass is 237 g/mol. The van der Waals surface area contributed by atoms with Gasteiger partial charge in [0.1, 0.15) is 5.82 Å². The summed E-state index contributed by atoms with van der Waals surface area (Å²) in [6, 6.07) is 4.05. The molecular weight excluding hydrogens is 221 g/mol. The van der Waals surface area contributed by atoms with Crippen LogP contribution < -0.4 is 5.32 Å². The molecule has 5 heteroatoms. The van der Waals surface area contributed by atoms with E-state index in [9.17, 15) is 4.39 Å². The number of rotatable bonds is 2. The molecule has 0 spiro atoms. The molecule has 1 aromatic rings. The van der Waals surface area contributed by atoms with Crippen molar-refractivity contribution in [1.29, 1.82) is 0 Å². The van der Waals surface area contributed by atoms with E-state index < -0.39 is 0 Å². The number of piperazine rings is 1. The van der Waals surface area contributed by atoms with Gasteiger partial charge >= 0.3 is 0 Å². The molecule has 0 radical (unpaired) electrons. The van der Waals surface area contributed by atoms with Crippen LogP contribution in [0.4, 0.5) is 4.39 Å². The van der Waals surface area contributed by atoms with Crippen molar-refractivity contribution in [2.24, 2.45) is 0 Å². The number of nitrogens with zero attached hydrogens (tertiary/aromatic N) is 2. The SMILES string of the molecule is Fc1ccc(CN2[C@@H]3CNC[C@H]2COC3)nc1. The lowest BCUT2D eigenvalue weighted by molar-refractivity contribution is -0.0694. The van der Waals surface area contributed by atoms with Gasteiger partial charge in [-0.2, -0.15) is 0 Å². The van der Waals surface area contributed by atoms with Crippen LogP contribution in [0.1, 0.15) is 5.69 Å². The lowest BCUT2D eigenvalue weighted by atomic mass is 10.1. The molecule has 0 amide bonds. The smallest absolute Gasteiger partial charge is 0.141 e. The fraction of sp³-hybridized carbons (Fsp3) is 0.583. The maximum atomic E-state index is 12.8. The average Bonchev–Trinajstić information content (AvgIpc) is 2.32. The summed E-state index contributed by atoms with van der Waals surface area (Å²) in [7, 11) is 0. The summed E-state index contributed by atoms with van der Waals surface area (Å²) in [6.45, 7) is 4.23. The normalized spacial score (nSPS) is 29.2. The topological polar surface area (TPSA) is 37.4 Å². The van der Waals surface area contributed by atoms with Crippen molar-refractivity contribution in [2.45, 2.75) is 18.6 Å². The van der Waals surface area contributed by atoms with Crippen LogP contribution in [-0.4, -0.2) is 48.3 Å². The maximum absolute atomic E-state index is 12.8. The second kappa shape index (κ2) is 4.68. The summed E-state index contributed by atoms with van der Waals surface area (Å²) in [5, 5.41) is 3.41. The van der Waals surface area contributed by atoms with Crippen LogP contribution in [0.15, 0.2) is 18.3 Å². The molecule has 2 atom stereocenters. The highest BCUT2D eigenvalue weighted by Gasteiger charge is 2.34. The lowest BCUT2D eigenvalue weighted by Crippen LogP contribution is -2.63. The number of nitrogens with one attached hydrogen (secondary N) is 1. The van der Waals surface area contributed by atoms with E-state index in [4.69, 9.17) is 4.74 Å². The highest BCUT2D eigenvalue weighted by Crippen LogP contribution is 2.19. The fourth-order valence-electron chi connectivity index (χ4n) is 2.54. The minimum Gasteiger partial charge on any atom is -0.378 e. The molecular formula is C12H16FN3O. The first-order valence-corrected chi connectivity index (χ1v) is 5.97. The number of pyridine rings is 1. The molecule has 2 bridgehead atoms. The van der Waals surface area contributed by atoms with Gasteiger partial charge in [-0.15, -0.1) is 0 Å². The van der Waals surface area contributed by atoms with E-state index in [0.717, 1.165) is 38.5 Å². The Morgan fingerprint density at radius 3 is 2.76 bits per heavy atom. The van der Waals surface area contributed by atoms with Crippen LogP contribution in [0.2, 0.25) is 0 Å². The quantitative estimate of drug-likeness (QED) is 0.807. The van der Waals surface area contributed by atoms with Gasteiger partial charge in [0.05, 0.1) is 25.1 Å². The van der Waals surface area contributed by atoms with E-state index in [1.165, 1.54) is 12.3 Å². The van der Waals surface area contributed by atoms with E-state index >= 15 is 0 Å². The molecule has 3 heterocycles. The Bertz CT molecular complexity index is 362. The van der Waals surface area contributed by atoms with Gasteiger partial charge in [0.15, 0.2) is 0 Å². The molecule has 0 aliphatic carbocycles. The van der Waals surface area contributed by atoms with Crippen molar-refractivity contribution in [3.8, 4) is 0 Å². The van der Waals surface area contributed by atoms with Gasteiger partial charge < -0.3 is 10.1 Å². The van der Waals surface area contributed by atoms with Crippen LogP contribution in [0.3, 0.4) is 0 Å². The van der Waals surface area contributed by atoms with Crippen LogP contribution in [0.5, 0.6) is 0 Å². The largest absolute Gasteiger partial charge is 0.378 e. The van der Waals surface area contributed by atoms with Crippen molar-refractivity contribution in [3.05, 3.63) is 29.8 Å². The third-order valence-electron chi connectivity index (χ3n) is 3.45. The first kappa shape index (κ1) is 11.1. The lowest BCUT2D eigenvalue weighted by Gasteiger charge is -2.45. The summed E-state index contributed by atoms with van der Waals surface area (Å²) >= 11 is 0. The van der Waals surface area contributed by atoms with E-state index in [0.29, 0.717) is 12.1 Å². The number of fused-ring (bicyclic) bond motifs is 2. The first-order valence-electron chi connectivity index (χ1n) is 5.97. The van der Waals surface area contributed by atoms with Crippen LogP contribution in [0.25, 0.3) is 0 Å². The standard InChI is InChI=1S/C12H16FN3O/c13-9-1-2-10(15-3-9)6-16-11-4-14-5-12(16)8-17-7-11/h1-3,11-12,14H,4-8H2/t11-,12+. The Labute approximate surface area is 99.8 Å². The van der Waals surface area contributed by atoms with Crippen LogP contribution >= 0.6 is 0 Å². The molecule has 92 valence electrons. The van der Waals surface area contributed by atoms with Crippen molar-refractivity contribution in [3.63, 3.8) is 0 Å². The minimum atomic E-state index is -0.280. The van der Waals surface area contributed by atoms with E-state index in [2.05, 4.69) is 15.2 Å². The van der Waals surface area contributed by atoms with Gasteiger partial charge in [0.2, 0.25) is 0 Å². The van der Waals surface area contributed by atoms with Crippen molar-refractivity contribution in [2.75, 3.05) is 26.3 Å². The number of ether oxygens (including phenoxy) is 1. The van der Waals surface area contributed by atoms with Gasteiger partial charge in [-0.05, 0) is 12.1 Å². The molecule has 1 aromatic heterocycles. The van der Waals surface area contributed by atoms with Gasteiger partial charge in [-0.1, -0.05) is 0 Å². The third kappa shape index (κ3) is 2.31. The Morgan fingerprint density at radius 2 is 2.12 bits per heavy atom. The molecule has 2 aliphatic heterocycles. The number of halogens is 1. The Morgan fingerprint density at radius 1 is 1.35 bits per heavy atom. The fourth-order valence-corrected chi connectivity index (χ4v) is 2.54. The minimum absolute atomic E-state index is 0.280. The summed E-state index contributed by atoms with van der Waals surface area (Å²) in [5.74, 6) is -0.280. The summed E-state index contributed by atoms with van der Waals surface area (Å²) < 4.78 is 18.4. The van der Waals surface area contributed by atoms with Crippen LogP contribution in [-0.2, 0) is 11.3 Å². The molecule has 0 saturated carbocycles. The van der Waals surface area contributed by atoms with Crippen LogP contribution in [0, 0.1) is 5.82 Å². The van der Waals surface area contributed by atoms with Crippen molar-refractivity contribution < 1.29 is 9.13 Å². The summed E-state index contributed by atoms with van der Waals surface area (Å²) in [6.07, 6.45) is 1.28. The predicted molar refractivity (Wildman–Crippen MR) is 61.0 cm³/mol. The van der Waals surface area contributed by atoms with Crippen molar-refractivity contribution in [1.82, 2.24) is 15.2 Å². The molecule has 17 heavy (non-hydrogen) atoms.